The normalized spacial score (nSPS) is 19.3. The van der Waals surface area contributed by atoms with E-state index in [9.17, 15) is 4.79 Å². The van der Waals surface area contributed by atoms with E-state index >= 15 is 0 Å². The van der Waals surface area contributed by atoms with Crippen molar-refractivity contribution in [1.29, 1.82) is 0 Å². The van der Waals surface area contributed by atoms with E-state index in [1.807, 2.05) is 0 Å². The van der Waals surface area contributed by atoms with Crippen molar-refractivity contribution in [2.45, 2.75) is 57.8 Å². The smallest absolute Gasteiger partial charge is 0.222 e. The summed E-state index contributed by atoms with van der Waals surface area (Å²) in [6.07, 6.45) is 10.3. The zero-order valence-electron chi connectivity index (χ0n) is 14.4. The second kappa shape index (κ2) is 13.3. The predicted octanol–water partition coefficient (Wildman–Crippen LogP) is 3.07. The number of nitrogens with zero attached hydrogens (tertiary/aromatic N) is 2. The Kier molecular flexibility index (Phi) is 13.3. The minimum absolute atomic E-state index is 0. The summed E-state index contributed by atoms with van der Waals surface area (Å²) in [6.45, 7) is 6.60. The summed E-state index contributed by atoms with van der Waals surface area (Å²) >= 11 is 0. The Morgan fingerprint density at radius 1 is 0.913 bits per heavy atom. The van der Waals surface area contributed by atoms with Crippen LogP contribution in [0, 0.1) is 5.92 Å². The van der Waals surface area contributed by atoms with E-state index in [2.05, 4.69) is 9.80 Å². The Balaban J connectivity index is 0.00000242. The van der Waals surface area contributed by atoms with Gasteiger partial charge in [0.05, 0.1) is 0 Å². The zero-order valence-corrected chi connectivity index (χ0v) is 16.0. The molecule has 2 fully saturated rings. The van der Waals surface area contributed by atoms with Crippen molar-refractivity contribution < 1.29 is 4.79 Å². The molecule has 23 heavy (non-hydrogen) atoms. The fourth-order valence-electron chi connectivity index (χ4n) is 3.63. The van der Waals surface area contributed by atoms with E-state index in [1.54, 1.807) is 0 Å². The lowest BCUT2D eigenvalue weighted by molar-refractivity contribution is -0.132. The average molecular weight is 368 g/mol. The fourth-order valence-corrected chi connectivity index (χ4v) is 3.63. The topological polar surface area (TPSA) is 49.6 Å². The van der Waals surface area contributed by atoms with Gasteiger partial charge in [0.25, 0.3) is 0 Å². The second-order valence-corrected chi connectivity index (χ2v) is 6.78. The molecule has 0 unspecified atom stereocenters. The molecule has 0 radical (unpaired) electrons. The zero-order chi connectivity index (χ0) is 14.9. The first-order valence-electron chi connectivity index (χ1n) is 9.00. The van der Waals surface area contributed by atoms with Crippen molar-refractivity contribution in [2.24, 2.45) is 11.7 Å². The third-order valence-corrected chi connectivity index (χ3v) is 5.03. The lowest BCUT2D eigenvalue weighted by atomic mass is 9.96. The number of rotatable bonds is 8. The number of nitrogens with two attached hydrogens (primary N) is 1. The first-order chi connectivity index (χ1) is 10.3. The van der Waals surface area contributed by atoms with E-state index in [1.165, 1.54) is 51.7 Å². The van der Waals surface area contributed by atoms with Crippen LogP contribution in [0.25, 0.3) is 0 Å². The molecule has 2 rings (SSSR count). The number of carbonyl (C=O) groups is 1. The van der Waals surface area contributed by atoms with E-state index < -0.39 is 0 Å². The number of halogens is 2. The van der Waals surface area contributed by atoms with Gasteiger partial charge in [0.1, 0.15) is 0 Å². The summed E-state index contributed by atoms with van der Waals surface area (Å²) in [4.78, 5) is 16.9. The van der Waals surface area contributed by atoms with E-state index in [0.717, 1.165) is 51.2 Å². The van der Waals surface area contributed by atoms with Crippen LogP contribution in [0.2, 0.25) is 0 Å². The molecule has 0 aliphatic carbocycles. The van der Waals surface area contributed by atoms with Crippen LogP contribution < -0.4 is 5.73 Å². The van der Waals surface area contributed by atoms with Crippen molar-refractivity contribution in [3.8, 4) is 0 Å². The lowest BCUT2D eigenvalue weighted by Gasteiger charge is -2.34. The molecule has 2 aliphatic rings. The molecule has 2 heterocycles. The number of likely N-dealkylation sites (tertiary alicyclic amines) is 2. The Labute approximate surface area is 154 Å². The lowest BCUT2D eigenvalue weighted by Crippen LogP contribution is -2.41. The number of amides is 1. The molecule has 0 saturated carbocycles. The molecule has 0 aromatic heterocycles. The van der Waals surface area contributed by atoms with Crippen molar-refractivity contribution >= 4 is 30.7 Å². The molecule has 0 atom stereocenters. The van der Waals surface area contributed by atoms with Crippen LogP contribution in [0.15, 0.2) is 0 Å². The standard InChI is InChI=1S/C17H33N3O.2ClH/c18-10-4-2-1-3-7-17(21)20-13-8-16(9-14-20)15-19-11-5-6-12-19;;/h16H,1-15,18H2;2*1H. The second-order valence-electron chi connectivity index (χ2n) is 6.78. The largest absolute Gasteiger partial charge is 0.343 e. The monoisotopic (exact) mass is 367 g/mol. The maximum Gasteiger partial charge on any atom is 0.222 e. The van der Waals surface area contributed by atoms with Crippen LogP contribution in [0.5, 0.6) is 0 Å². The molecule has 1 amide bonds. The molecule has 2 N–H and O–H groups in total. The molecule has 138 valence electrons. The van der Waals surface area contributed by atoms with Gasteiger partial charge >= 0.3 is 0 Å². The molecule has 4 nitrogen and oxygen atoms in total. The highest BCUT2D eigenvalue weighted by Crippen LogP contribution is 2.21. The quantitative estimate of drug-likeness (QED) is 0.670. The summed E-state index contributed by atoms with van der Waals surface area (Å²) in [5, 5.41) is 0. The number of hydrogen-bond donors (Lipinski definition) is 1. The highest BCUT2D eigenvalue weighted by atomic mass is 35.5. The van der Waals surface area contributed by atoms with Crippen LogP contribution in [-0.2, 0) is 4.79 Å². The molecule has 0 spiro atoms. The summed E-state index contributed by atoms with van der Waals surface area (Å²) in [5.41, 5.74) is 5.48. The number of carbonyl (C=O) groups excluding carboxylic acids is 1. The molecule has 2 saturated heterocycles. The Hall–Kier alpha value is -0.0300. The van der Waals surface area contributed by atoms with Gasteiger partial charge in [-0.15, -0.1) is 24.8 Å². The molecular weight excluding hydrogens is 333 g/mol. The fraction of sp³-hybridized carbons (Fsp3) is 0.941. The maximum absolute atomic E-state index is 12.2. The van der Waals surface area contributed by atoms with Crippen LogP contribution in [0.3, 0.4) is 0 Å². The van der Waals surface area contributed by atoms with Gasteiger partial charge in [-0.1, -0.05) is 12.8 Å². The van der Waals surface area contributed by atoms with E-state index in [0.29, 0.717) is 5.91 Å². The molecule has 0 aromatic rings. The van der Waals surface area contributed by atoms with E-state index in [-0.39, 0.29) is 24.8 Å². The maximum atomic E-state index is 12.2. The number of piperidine rings is 1. The number of hydrogen-bond acceptors (Lipinski definition) is 3. The van der Waals surface area contributed by atoms with Gasteiger partial charge in [-0.05, 0) is 64.1 Å². The summed E-state index contributed by atoms with van der Waals surface area (Å²) in [5.74, 6) is 1.19. The minimum atomic E-state index is 0. The average Bonchev–Trinajstić information content (AvgIpc) is 3.00. The Morgan fingerprint density at radius 2 is 1.52 bits per heavy atom. The molecule has 0 aromatic carbocycles. The first-order valence-corrected chi connectivity index (χ1v) is 9.00. The molecule has 2 aliphatic heterocycles. The van der Waals surface area contributed by atoms with Gasteiger partial charge in [0.15, 0.2) is 0 Å². The van der Waals surface area contributed by atoms with Gasteiger partial charge in [-0.2, -0.15) is 0 Å². The van der Waals surface area contributed by atoms with Crippen molar-refractivity contribution in [1.82, 2.24) is 9.80 Å². The predicted molar refractivity (Wildman–Crippen MR) is 102 cm³/mol. The third-order valence-electron chi connectivity index (χ3n) is 5.03. The minimum Gasteiger partial charge on any atom is -0.343 e. The first kappa shape index (κ1) is 23.0. The summed E-state index contributed by atoms with van der Waals surface area (Å²) < 4.78 is 0. The van der Waals surface area contributed by atoms with E-state index in [4.69, 9.17) is 5.73 Å². The van der Waals surface area contributed by atoms with Crippen LogP contribution in [0.4, 0.5) is 0 Å². The molecular formula is C17H35Cl2N3O. The van der Waals surface area contributed by atoms with Gasteiger partial charge in [0, 0.05) is 26.1 Å². The van der Waals surface area contributed by atoms with Crippen LogP contribution in [0.1, 0.15) is 57.8 Å². The van der Waals surface area contributed by atoms with Gasteiger partial charge in [-0.3, -0.25) is 4.79 Å². The van der Waals surface area contributed by atoms with Crippen molar-refractivity contribution in [3.63, 3.8) is 0 Å². The number of unbranched alkanes of at least 4 members (excludes halogenated alkanes) is 3. The highest BCUT2D eigenvalue weighted by Gasteiger charge is 2.24. The Morgan fingerprint density at radius 3 is 2.13 bits per heavy atom. The highest BCUT2D eigenvalue weighted by molar-refractivity contribution is 5.85. The van der Waals surface area contributed by atoms with Gasteiger partial charge < -0.3 is 15.5 Å². The van der Waals surface area contributed by atoms with Crippen molar-refractivity contribution in [2.75, 3.05) is 39.3 Å². The molecule has 0 bridgehead atoms. The SMILES string of the molecule is Cl.Cl.NCCCCCCC(=O)N1CCC(CN2CCCC2)CC1. The molecule has 6 heteroatoms. The summed E-state index contributed by atoms with van der Waals surface area (Å²) in [7, 11) is 0. The van der Waals surface area contributed by atoms with Crippen LogP contribution >= 0.6 is 24.8 Å². The Bertz CT molecular complexity index is 304. The van der Waals surface area contributed by atoms with Crippen LogP contribution in [-0.4, -0.2) is 55.0 Å². The van der Waals surface area contributed by atoms with Crippen molar-refractivity contribution in [3.05, 3.63) is 0 Å². The third kappa shape index (κ3) is 8.57. The van der Waals surface area contributed by atoms with Gasteiger partial charge in [-0.25, -0.2) is 0 Å². The summed E-state index contributed by atoms with van der Waals surface area (Å²) in [6, 6.07) is 0. The van der Waals surface area contributed by atoms with Gasteiger partial charge in [0.2, 0.25) is 5.91 Å².